The molecule has 0 saturated heterocycles. The molecule has 3 heterocycles. The lowest BCUT2D eigenvalue weighted by atomic mass is 10.0. The predicted molar refractivity (Wildman–Crippen MR) is 90.1 cm³/mol. The first kappa shape index (κ1) is 14.4. The molecule has 1 aliphatic carbocycles. The number of nitrogens with zero attached hydrogens (tertiary/aromatic N) is 4. The van der Waals surface area contributed by atoms with E-state index < -0.39 is 0 Å². The fourth-order valence-corrected chi connectivity index (χ4v) is 2.84. The molecule has 0 aromatic carbocycles. The predicted octanol–water partition coefficient (Wildman–Crippen LogP) is 4.34. The summed E-state index contributed by atoms with van der Waals surface area (Å²) in [6.07, 6.45) is 12.0. The van der Waals surface area contributed by atoms with Gasteiger partial charge < -0.3 is 0 Å². The molecule has 3 aromatic rings. The maximum absolute atomic E-state index is 5.91. The second-order valence-corrected chi connectivity index (χ2v) is 6.53. The van der Waals surface area contributed by atoms with Crippen molar-refractivity contribution >= 4 is 11.6 Å². The number of hydrogen-bond acceptors (Lipinski definition) is 3. The van der Waals surface area contributed by atoms with Crippen LogP contribution in [0.4, 0.5) is 0 Å². The topological polar surface area (TPSA) is 43.6 Å². The highest BCUT2D eigenvalue weighted by Crippen LogP contribution is 2.40. The second-order valence-electron chi connectivity index (χ2n) is 6.09. The maximum Gasteiger partial charge on any atom is 0.0831 e. The van der Waals surface area contributed by atoms with Crippen molar-refractivity contribution in [2.24, 2.45) is 0 Å². The summed E-state index contributed by atoms with van der Waals surface area (Å²) in [5.41, 5.74) is 4.43. The van der Waals surface area contributed by atoms with E-state index in [0.717, 1.165) is 16.9 Å². The van der Waals surface area contributed by atoms with Gasteiger partial charge in [-0.15, -0.1) is 0 Å². The van der Waals surface area contributed by atoms with Gasteiger partial charge in [-0.2, -0.15) is 5.10 Å². The number of rotatable bonds is 4. The van der Waals surface area contributed by atoms with Crippen molar-refractivity contribution in [1.29, 1.82) is 0 Å². The van der Waals surface area contributed by atoms with Crippen LogP contribution in [0.5, 0.6) is 0 Å². The molecule has 0 radical (unpaired) electrons. The van der Waals surface area contributed by atoms with E-state index in [1.165, 1.54) is 18.4 Å². The molecule has 23 heavy (non-hydrogen) atoms. The lowest BCUT2D eigenvalue weighted by molar-refractivity contribution is 0.856. The first-order valence-corrected chi connectivity index (χ1v) is 8.20. The zero-order valence-corrected chi connectivity index (χ0v) is 13.6. The minimum absolute atomic E-state index is 0.167. The van der Waals surface area contributed by atoms with Crippen LogP contribution in [0.3, 0.4) is 0 Å². The van der Waals surface area contributed by atoms with Crippen molar-refractivity contribution in [1.82, 2.24) is 19.7 Å². The van der Waals surface area contributed by atoms with Crippen LogP contribution in [0.15, 0.2) is 49.2 Å². The van der Waals surface area contributed by atoms with E-state index in [1.807, 2.05) is 35.4 Å². The zero-order valence-electron chi connectivity index (χ0n) is 12.9. The van der Waals surface area contributed by atoms with E-state index in [4.69, 9.17) is 11.6 Å². The summed E-state index contributed by atoms with van der Waals surface area (Å²) >= 11 is 5.91. The largest absolute Gasteiger partial charge is 0.262 e. The van der Waals surface area contributed by atoms with Crippen LogP contribution in [0, 0.1) is 0 Å². The second kappa shape index (κ2) is 5.78. The molecule has 1 unspecified atom stereocenters. The number of pyridine rings is 2. The summed E-state index contributed by atoms with van der Waals surface area (Å²) in [6.45, 7) is 2.12. The van der Waals surface area contributed by atoms with Crippen LogP contribution in [0.2, 0.25) is 5.02 Å². The molecule has 0 bridgehead atoms. The Morgan fingerprint density at radius 3 is 2.78 bits per heavy atom. The fraction of sp³-hybridized carbons (Fsp3) is 0.278. The summed E-state index contributed by atoms with van der Waals surface area (Å²) in [4.78, 5) is 8.76. The van der Waals surface area contributed by atoms with Crippen LogP contribution in [-0.2, 0) is 0 Å². The van der Waals surface area contributed by atoms with Crippen LogP contribution in [-0.4, -0.2) is 19.7 Å². The number of aromatic nitrogens is 4. The van der Waals surface area contributed by atoms with Crippen molar-refractivity contribution < 1.29 is 0 Å². The van der Waals surface area contributed by atoms with Crippen molar-refractivity contribution in [2.75, 3.05) is 0 Å². The SMILES string of the molecule is CC(c1cnn(-c2cncc(C3CC3)c2)c1)c1ccc(Cl)cn1. The summed E-state index contributed by atoms with van der Waals surface area (Å²) in [5.74, 6) is 0.857. The number of halogens is 1. The van der Waals surface area contributed by atoms with E-state index in [9.17, 15) is 0 Å². The normalized spacial score (nSPS) is 15.6. The molecule has 4 rings (SSSR count). The van der Waals surface area contributed by atoms with Gasteiger partial charge in [0.15, 0.2) is 0 Å². The molecule has 5 heteroatoms. The van der Waals surface area contributed by atoms with Gasteiger partial charge in [-0.05, 0) is 48.1 Å². The lowest BCUT2D eigenvalue weighted by Gasteiger charge is -2.08. The van der Waals surface area contributed by atoms with Crippen molar-refractivity contribution in [3.8, 4) is 5.69 Å². The van der Waals surface area contributed by atoms with E-state index in [-0.39, 0.29) is 5.92 Å². The molecule has 4 nitrogen and oxygen atoms in total. The van der Waals surface area contributed by atoms with Crippen LogP contribution in [0.1, 0.15) is 48.4 Å². The smallest absolute Gasteiger partial charge is 0.0831 e. The molecule has 3 aromatic heterocycles. The average molecular weight is 325 g/mol. The van der Waals surface area contributed by atoms with Gasteiger partial charge in [-0.1, -0.05) is 18.5 Å². The summed E-state index contributed by atoms with van der Waals surface area (Å²) in [6, 6.07) is 6.01. The molecule has 0 N–H and O–H groups in total. The number of hydrogen-bond donors (Lipinski definition) is 0. The van der Waals surface area contributed by atoms with Crippen LogP contribution < -0.4 is 0 Å². The monoisotopic (exact) mass is 324 g/mol. The quantitative estimate of drug-likeness (QED) is 0.716. The lowest BCUT2D eigenvalue weighted by Crippen LogP contribution is -1.99. The highest BCUT2D eigenvalue weighted by molar-refractivity contribution is 6.30. The van der Waals surface area contributed by atoms with Gasteiger partial charge >= 0.3 is 0 Å². The zero-order chi connectivity index (χ0) is 15.8. The Hall–Kier alpha value is -2.20. The first-order chi connectivity index (χ1) is 11.2. The molecule has 1 atom stereocenters. The van der Waals surface area contributed by atoms with Crippen molar-refractivity contribution in [3.63, 3.8) is 0 Å². The highest BCUT2D eigenvalue weighted by Gasteiger charge is 2.24. The van der Waals surface area contributed by atoms with Gasteiger partial charge in [0, 0.05) is 30.2 Å². The van der Waals surface area contributed by atoms with E-state index in [2.05, 4.69) is 34.3 Å². The minimum atomic E-state index is 0.167. The van der Waals surface area contributed by atoms with Crippen molar-refractivity contribution in [2.45, 2.75) is 31.6 Å². The fourth-order valence-electron chi connectivity index (χ4n) is 2.73. The van der Waals surface area contributed by atoms with E-state index in [0.29, 0.717) is 10.9 Å². The molecular weight excluding hydrogens is 308 g/mol. The Morgan fingerprint density at radius 1 is 1.17 bits per heavy atom. The average Bonchev–Trinajstić information content (AvgIpc) is 3.32. The standard InChI is InChI=1S/C18H17ClN4/c1-12(18-5-4-16(19)9-21-18)15-8-22-23(11-15)17-6-14(7-20-10-17)13-2-3-13/h4-13H,2-3H2,1H3. The molecule has 1 aliphatic rings. The van der Waals surface area contributed by atoms with Gasteiger partial charge in [0.2, 0.25) is 0 Å². The Kier molecular flexibility index (Phi) is 3.62. The van der Waals surface area contributed by atoms with Gasteiger partial charge in [0.25, 0.3) is 0 Å². The minimum Gasteiger partial charge on any atom is -0.262 e. The maximum atomic E-state index is 5.91. The third kappa shape index (κ3) is 2.99. The van der Waals surface area contributed by atoms with E-state index in [1.54, 1.807) is 6.20 Å². The van der Waals surface area contributed by atoms with Crippen molar-refractivity contribution in [3.05, 3.63) is 71.0 Å². The molecule has 0 amide bonds. The van der Waals surface area contributed by atoms with Gasteiger partial charge in [0.05, 0.1) is 23.1 Å². The Bertz CT molecular complexity index is 821. The molecular formula is C18H17ClN4. The Balaban J connectivity index is 1.61. The molecule has 0 spiro atoms. The van der Waals surface area contributed by atoms with E-state index >= 15 is 0 Å². The first-order valence-electron chi connectivity index (χ1n) is 7.82. The van der Waals surface area contributed by atoms with Gasteiger partial charge in [0.1, 0.15) is 0 Å². The molecule has 1 fully saturated rings. The van der Waals surface area contributed by atoms with Gasteiger partial charge in [-0.3, -0.25) is 9.97 Å². The van der Waals surface area contributed by atoms with Crippen LogP contribution in [0.25, 0.3) is 5.69 Å². The third-order valence-electron chi connectivity index (χ3n) is 4.35. The summed E-state index contributed by atoms with van der Waals surface area (Å²) < 4.78 is 1.89. The third-order valence-corrected chi connectivity index (χ3v) is 4.58. The Morgan fingerprint density at radius 2 is 2.04 bits per heavy atom. The van der Waals surface area contributed by atoms with Gasteiger partial charge in [-0.25, -0.2) is 4.68 Å². The Labute approximate surface area is 140 Å². The molecule has 0 aliphatic heterocycles. The summed E-state index contributed by atoms with van der Waals surface area (Å²) in [5, 5.41) is 5.15. The van der Waals surface area contributed by atoms with Crippen LogP contribution >= 0.6 is 11.6 Å². The summed E-state index contributed by atoms with van der Waals surface area (Å²) in [7, 11) is 0. The molecule has 116 valence electrons. The highest BCUT2D eigenvalue weighted by atomic mass is 35.5. The molecule has 1 saturated carbocycles.